The van der Waals surface area contributed by atoms with E-state index in [9.17, 15) is 0 Å². The van der Waals surface area contributed by atoms with E-state index in [1.807, 2.05) is 24.3 Å². The molecule has 0 bridgehead atoms. The van der Waals surface area contributed by atoms with E-state index in [1.54, 1.807) is 14.2 Å². The molecule has 2 nitrogen and oxygen atoms in total. The van der Waals surface area contributed by atoms with Crippen LogP contribution in [-0.4, -0.2) is 22.8 Å². The number of hydrogen-bond acceptors (Lipinski definition) is 2. The third-order valence-electron chi connectivity index (χ3n) is 2.39. The van der Waals surface area contributed by atoms with Crippen molar-refractivity contribution in [3.8, 4) is 0 Å². The smallest absolute Gasteiger partial charge is 0.371 e. The second-order valence-electron chi connectivity index (χ2n) is 3.03. The van der Waals surface area contributed by atoms with Crippen LogP contribution in [0, 0.1) is 0 Å². The second kappa shape index (κ2) is 4.93. The van der Waals surface area contributed by atoms with Crippen LogP contribution in [0.3, 0.4) is 0 Å². The van der Waals surface area contributed by atoms with E-state index in [4.69, 9.17) is 20.5 Å². The van der Waals surface area contributed by atoms with Crippen LogP contribution >= 0.6 is 11.6 Å². The monoisotopic (exact) mass is 230 g/mol. The Morgan fingerprint density at radius 3 is 2.36 bits per heavy atom. The molecule has 78 valence electrons. The highest BCUT2D eigenvalue weighted by Crippen LogP contribution is 2.14. The van der Waals surface area contributed by atoms with Crippen molar-refractivity contribution in [2.24, 2.45) is 0 Å². The van der Waals surface area contributed by atoms with Gasteiger partial charge in [0.15, 0.2) is 0 Å². The molecule has 0 aliphatic heterocycles. The van der Waals surface area contributed by atoms with Crippen molar-refractivity contribution in [2.75, 3.05) is 14.2 Å². The van der Waals surface area contributed by atoms with Gasteiger partial charge < -0.3 is 8.85 Å². The predicted octanol–water partition coefficient (Wildman–Crippen LogP) is 2.30. The van der Waals surface area contributed by atoms with Gasteiger partial charge in [0.25, 0.3) is 0 Å². The normalized spacial score (nSPS) is 11.7. The minimum atomic E-state index is -2.21. The third kappa shape index (κ3) is 2.17. The van der Waals surface area contributed by atoms with Gasteiger partial charge >= 0.3 is 8.56 Å². The Balaban J connectivity index is 3.10. The summed E-state index contributed by atoms with van der Waals surface area (Å²) in [6.07, 6.45) is 0. The van der Waals surface area contributed by atoms with E-state index in [1.165, 1.54) is 0 Å². The lowest BCUT2D eigenvalue weighted by molar-refractivity contribution is 0.259. The zero-order chi connectivity index (χ0) is 10.6. The van der Waals surface area contributed by atoms with Crippen molar-refractivity contribution in [3.05, 3.63) is 29.3 Å². The van der Waals surface area contributed by atoms with E-state index >= 15 is 0 Å². The maximum Gasteiger partial charge on any atom is 0.371 e. The van der Waals surface area contributed by atoms with Crippen LogP contribution in [0.1, 0.15) is 6.92 Å². The van der Waals surface area contributed by atoms with Crippen LogP contribution in [-0.2, 0) is 8.85 Å². The van der Waals surface area contributed by atoms with Crippen molar-refractivity contribution in [1.29, 1.82) is 0 Å². The maximum absolute atomic E-state index is 5.93. The summed E-state index contributed by atoms with van der Waals surface area (Å²) in [5, 5.41) is 1.81. The molecule has 0 radical (unpaired) electrons. The Labute approximate surface area is 91.0 Å². The fraction of sp³-hybridized carbons (Fsp3) is 0.400. The SMILES string of the molecule is CC[Si](OC)(OC)c1cccc(Cl)c1. The Hall–Kier alpha value is -0.353. The Morgan fingerprint density at radius 1 is 1.29 bits per heavy atom. The maximum atomic E-state index is 5.93. The molecule has 1 aromatic carbocycles. The molecule has 4 heteroatoms. The molecule has 0 heterocycles. The van der Waals surface area contributed by atoms with Gasteiger partial charge in [-0.25, -0.2) is 0 Å². The molecule has 0 unspecified atom stereocenters. The van der Waals surface area contributed by atoms with Crippen LogP contribution in [0.5, 0.6) is 0 Å². The topological polar surface area (TPSA) is 18.5 Å². The summed E-state index contributed by atoms with van der Waals surface area (Å²) in [5.74, 6) is 0. The largest absolute Gasteiger partial charge is 0.394 e. The number of hydrogen-bond donors (Lipinski definition) is 0. The number of halogens is 1. The molecule has 1 aromatic rings. The molecular formula is C10H15ClO2Si. The lowest BCUT2D eigenvalue weighted by Crippen LogP contribution is -2.51. The fourth-order valence-corrected chi connectivity index (χ4v) is 4.17. The van der Waals surface area contributed by atoms with Gasteiger partial charge in [-0.05, 0) is 23.4 Å². The molecule has 1 rings (SSSR count). The van der Waals surface area contributed by atoms with Crippen LogP contribution in [0.2, 0.25) is 11.1 Å². The molecule has 0 aliphatic rings. The first-order valence-corrected chi connectivity index (χ1v) is 6.95. The zero-order valence-corrected chi connectivity index (χ0v) is 10.5. The lowest BCUT2D eigenvalue weighted by atomic mass is 10.4. The van der Waals surface area contributed by atoms with Crippen molar-refractivity contribution in [2.45, 2.75) is 13.0 Å². The summed E-state index contributed by atoms with van der Waals surface area (Å²) in [6, 6.07) is 8.58. The van der Waals surface area contributed by atoms with Gasteiger partial charge in [0.1, 0.15) is 0 Å². The molecule has 0 spiro atoms. The van der Waals surface area contributed by atoms with Gasteiger partial charge in [-0.2, -0.15) is 0 Å². The summed E-state index contributed by atoms with van der Waals surface area (Å²) >= 11 is 5.93. The highest BCUT2D eigenvalue weighted by molar-refractivity contribution is 6.81. The van der Waals surface area contributed by atoms with Gasteiger partial charge in [-0.1, -0.05) is 30.7 Å². The second-order valence-corrected chi connectivity index (χ2v) is 7.07. The van der Waals surface area contributed by atoms with Crippen LogP contribution in [0.25, 0.3) is 0 Å². The number of benzene rings is 1. The van der Waals surface area contributed by atoms with Crippen LogP contribution in [0.4, 0.5) is 0 Å². The van der Waals surface area contributed by atoms with Crippen LogP contribution in [0.15, 0.2) is 24.3 Å². The molecule has 0 N–H and O–H groups in total. The molecular weight excluding hydrogens is 216 g/mol. The minimum absolute atomic E-state index is 0.724. The van der Waals surface area contributed by atoms with Crippen molar-refractivity contribution >= 4 is 25.3 Å². The predicted molar refractivity (Wildman–Crippen MR) is 61.3 cm³/mol. The third-order valence-corrected chi connectivity index (χ3v) is 6.06. The Morgan fingerprint density at radius 2 is 1.93 bits per heavy atom. The average molecular weight is 231 g/mol. The van der Waals surface area contributed by atoms with Crippen LogP contribution < -0.4 is 5.19 Å². The van der Waals surface area contributed by atoms with Crippen molar-refractivity contribution in [1.82, 2.24) is 0 Å². The average Bonchev–Trinajstić information content (AvgIpc) is 2.22. The van der Waals surface area contributed by atoms with Crippen molar-refractivity contribution < 1.29 is 8.85 Å². The highest BCUT2D eigenvalue weighted by atomic mass is 35.5. The van der Waals surface area contributed by atoms with E-state index in [0.717, 1.165) is 16.3 Å². The molecule has 0 amide bonds. The highest BCUT2D eigenvalue weighted by Gasteiger charge is 2.35. The molecule has 0 saturated carbocycles. The minimum Gasteiger partial charge on any atom is -0.394 e. The zero-order valence-electron chi connectivity index (χ0n) is 8.71. The summed E-state index contributed by atoms with van der Waals surface area (Å²) in [5.41, 5.74) is 0. The summed E-state index contributed by atoms with van der Waals surface area (Å²) < 4.78 is 11.1. The quantitative estimate of drug-likeness (QED) is 0.740. The summed E-state index contributed by atoms with van der Waals surface area (Å²) in [4.78, 5) is 0. The van der Waals surface area contributed by atoms with E-state index in [0.29, 0.717) is 0 Å². The number of rotatable bonds is 4. The molecule has 0 fully saturated rings. The molecule has 14 heavy (non-hydrogen) atoms. The first kappa shape index (κ1) is 11.7. The molecule has 0 aliphatic carbocycles. The molecule has 0 saturated heterocycles. The first-order valence-electron chi connectivity index (χ1n) is 4.55. The van der Waals surface area contributed by atoms with Crippen molar-refractivity contribution in [3.63, 3.8) is 0 Å². The van der Waals surface area contributed by atoms with E-state index in [2.05, 4.69) is 6.92 Å². The standard InChI is InChI=1S/C10H15ClO2Si/c1-4-14(12-2,13-3)10-7-5-6-9(11)8-10/h5-8H,4H2,1-3H3. The fourth-order valence-electron chi connectivity index (χ4n) is 1.54. The lowest BCUT2D eigenvalue weighted by Gasteiger charge is -2.26. The Bertz CT molecular complexity index is 292. The van der Waals surface area contributed by atoms with Gasteiger partial charge in [0, 0.05) is 19.2 Å². The van der Waals surface area contributed by atoms with Gasteiger partial charge in [0.2, 0.25) is 0 Å². The van der Waals surface area contributed by atoms with Gasteiger partial charge in [0.05, 0.1) is 0 Å². The summed E-state index contributed by atoms with van der Waals surface area (Å²) in [6.45, 7) is 2.07. The van der Waals surface area contributed by atoms with E-state index < -0.39 is 8.56 Å². The van der Waals surface area contributed by atoms with Gasteiger partial charge in [-0.15, -0.1) is 0 Å². The first-order chi connectivity index (χ1) is 6.68. The van der Waals surface area contributed by atoms with Gasteiger partial charge in [-0.3, -0.25) is 0 Å². The van der Waals surface area contributed by atoms with E-state index in [-0.39, 0.29) is 0 Å². The summed E-state index contributed by atoms with van der Waals surface area (Å²) in [7, 11) is 1.18. The molecule has 0 aromatic heterocycles. The Kier molecular flexibility index (Phi) is 4.13. The molecule has 0 atom stereocenters.